The van der Waals surface area contributed by atoms with E-state index in [0.29, 0.717) is 30.1 Å². The molecule has 37 heavy (non-hydrogen) atoms. The van der Waals surface area contributed by atoms with Crippen molar-refractivity contribution in [2.24, 2.45) is 0 Å². The Kier molecular flexibility index (Phi) is 7.97. The van der Waals surface area contributed by atoms with Crippen molar-refractivity contribution in [1.29, 1.82) is 0 Å². The van der Waals surface area contributed by atoms with Crippen molar-refractivity contribution in [3.8, 4) is 23.0 Å². The predicted octanol–water partition coefficient (Wildman–Crippen LogP) is 6.03. The molecule has 2 aromatic carbocycles. The number of aliphatic hydroxyl groups excluding tert-OH is 1. The number of aryl methyl sites for hydroxylation is 1. The molecular formula is C29H38N2O6. The Morgan fingerprint density at radius 1 is 1.11 bits per heavy atom. The van der Waals surface area contributed by atoms with Crippen molar-refractivity contribution in [1.82, 2.24) is 10.3 Å². The Hall–Kier alpha value is -3.26. The summed E-state index contributed by atoms with van der Waals surface area (Å²) in [6.45, 7) is 7.01. The van der Waals surface area contributed by atoms with Crippen molar-refractivity contribution in [2.45, 2.75) is 83.5 Å². The van der Waals surface area contributed by atoms with Crippen molar-refractivity contribution >= 4 is 17.2 Å². The number of hydrogen-bond donors (Lipinski definition) is 2. The first-order valence-electron chi connectivity index (χ1n) is 12.9. The molecule has 0 bridgehead atoms. The van der Waals surface area contributed by atoms with Gasteiger partial charge in [-0.3, -0.25) is 0 Å². The van der Waals surface area contributed by atoms with Crippen LogP contribution in [0.25, 0.3) is 22.6 Å². The van der Waals surface area contributed by atoms with Gasteiger partial charge in [0.2, 0.25) is 5.89 Å². The lowest BCUT2D eigenvalue weighted by molar-refractivity contribution is 0.0407. The highest BCUT2D eigenvalue weighted by Crippen LogP contribution is 2.36. The van der Waals surface area contributed by atoms with Gasteiger partial charge in [0.15, 0.2) is 17.1 Å². The van der Waals surface area contributed by atoms with Crippen LogP contribution in [0.5, 0.6) is 11.5 Å². The van der Waals surface area contributed by atoms with Gasteiger partial charge in [0.05, 0.1) is 25.4 Å². The number of aliphatic hydroxyl groups is 1. The Morgan fingerprint density at radius 2 is 1.86 bits per heavy atom. The topological polar surface area (TPSA) is 103 Å². The minimum atomic E-state index is -0.814. The summed E-state index contributed by atoms with van der Waals surface area (Å²) in [6, 6.07) is 11.6. The zero-order valence-electron chi connectivity index (χ0n) is 22.4. The Bertz CT molecular complexity index is 1220. The van der Waals surface area contributed by atoms with Gasteiger partial charge in [-0.2, -0.15) is 0 Å². The lowest BCUT2D eigenvalue weighted by Gasteiger charge is -2.30. The summed E-state index contributed by atoms with van der Waals surface area (Å²) in [6.07, 6.45) is 5.42. The summed E-state index contributed by atoms with van der Waals surface area (Å²) in [5.41, 5.74) is 1.83. The number of ether oxygens (including phenoxy) is 3. The molecule has 0 aliphatic heterocycles. The van der Waals surface area contributed by atoms with E-state index >= 15 is 0 Å². The molecule has 1 fully saturated rings. The number of amides is 1. The van der Waals surface area contributed by atoms with Gasteiger partial charge in [-0.15, -0.1) is 0 Å². The summed E-state index contributed by atoms with van der Waals surface area (Å²) in [5, 5.41) is 12.7. The molecule has 1 atom stereocenters. The molecule has 3 aromatic rings. The predicted molar refractivity (Wildman–Crippen MR) is 142 cm³/mol. The van der Waals surface area contributed by atoms with E-state index in [4.69, 9.17) is 23.6 Å². The van der Waals surface area contributed by atoms with Crippen molar-refractivity contribution < 1.29 is 28.5 Å². The number of alkyl carbamates (subject to hydrolysis) is 1. The van der Waals surface area contributed by atoms with Crippen LogP contribution in [0.3, 0.4) is 0 Å². The van der Waals surface area contributed by atoms with E-state index in [1.54, 1.807) is 34.8 Å². The second-order valence-corrected chi connectivity index (χ2v) is 11.1. The number of nitrogens with zero attached hydrogens (tertiary/aromatic N) is 1. The second kappa shape index (κ2) is 11.0. The third-order valence-electron chi connectivity index (χ3n) is 6.58. The number of aromatic nitrogens is 1. The van der Waals surface area contributed by atoms with E-state index < -0.39 is 17.2 Å². The molecule has 8 heteroatoms. The molecule has 1 saturated carbocycles. The van der Waals surface area contributed by atoms with Crippen LogP contribution in [0.15, 0.2) is 40.8 Å². The summed E-state index contributed by atoms with van der Waals surface area (Å²) in [4.78, 5) is 16.9. The monoisotopic (exact) mass is 510 g/mol. The average molecular weight is 511 g/mol. The molecule has 0 spiro atoms. The minimum absolute atomic E-state index is 0.203. The molecule has 8 nitrogen and oxygen atoms in total. The van der Waals surface area contributed by atoms with E-state index in [0.717, 1.165) is 35.2 Å². The number of fused-ring (bicyclic) bond motifs is 1. The fourth-order valence-corrected chi connectivity index (χ4v) is 4.49. The fraction of sp³-hybridized carbons (Fsp3) is 0.517. The minimum Gasteiger partial charge on any atom is -0.493 e. The van der Waals surface area contributed by atoms with Gasteiger partial charge >= 0.3 is 6.09 Å². The van der Waals surface area contributed by atoms with Crippen LogP contribution < -0.4 is 14.8 Å². The fourth-order valence-electron chi connectivity index (χ4n) is 4.49. The van der Waals surface area contributed by atoms with Crippen LogP contribution >= 0.6 is 0 Å². The van der Waals surface area contributed by atoms with Gasteiger partial charge < -0.3 is 29.1 Å². The highest BCUT2D eigenvalue weighted by Gasteiger charge is 2.28. The van der Waals surface area contributed by atoms with Gasteiger partial charge in [0, 0.05) is 5.56 Å². The Labute approximate surface area is 218 Å². The molecule has 0 unspecified atom stereocenters. The molecule has 4 rings (SSSR count). The molecular weight excluding hydrogens is 472 g/mol. The van der Waals surface area contributed by atoms with E-state index in [-0.39, 0.29) is 12.7 Å². The van der Waals surface area contributed by atoms with Crippen LogP contribution in [0.4, 0.5) is 4.79 Å². The molecule has 0 saturated heterocycles. The molecule has 200 valence electrons. The third-order valence-corrected chi connectivity index (χ3v) is 6.58. The normalized spacial score (nSPS) is 15.9. The number of methoxy groups -OCH3 is 1. The highest BCUT2D eigenvalue weighted by atomic mass is 16.6. The van der Waals surface area contributed by atoms with E-state index in [9.17, 15) is 9.90 Å². The third kappa shape index (κ3) is 6.95. The van der Waals surface area contributed by atoms with E-state index in [2.05, 4.69) is 5.32 Å². The number of oxazole rings is 1. The molecule has 2 N–H and O–H groups in total. The number of rotatable bonds is 9. The zero-order valence-corrected chi connectivity index (χ0v) is 22.4. The van der Waals surface area contributed by atoms with Crippen LogP contribution in [-0.4, -0.2) is 47.1 Å². The maximum atomic E-state index is 12.2. The van der Waals surface area contributed by atoms with Crippen LogP contribution in [0.1, 0.15) is 65.4 Å². The van der Waals surface area contributed by atoms with Crippen molar-refractivity contribution in [3.05, 3.63) is 42.0 Å². The van der Waals surface area contributed by atoms with Crippen LogP contribution in [0.2, 0.25) is 0 Å². The zero-order chi connectivity index (χ0) is 26.6. The van der Waals surface area contributed by atoms with Crippen molar-refractivity contribution in [2.75, 3.05) is 13.7 Å². The number of carbonyl (C=O) groups excluding carboxylic acids is 1. The summed E-state index contributed by atoms with van der Waals surface area (Å²) in [5.74, 6) is 1.90. The number of nitrogens with one attached hydrogen (secondary N) is 1. The molecule has 0 radical (unpaired) electrons. The van der Waals surface area contributed by atoms with Crippen molar-refractivity contribution in [3.63, 3.8) is 0 Å². The Balaban J connectivity index is 1.46. The quantitative estimate of drug-likeness (QED) is 0.362. The maximum absolute atomic E-state index is 12.2. The SMILES string of the molecule is COc1cc(-c2nc3cc(CC[C@](C)(CO)NC(=O)OC(C)(C)C)ccc3o2)ccc1OC1CCCC1. The summed E-state index contributed by atoms with van der Waals surface area (Å²) < 4.78 is 23.1. The highest BCUT2D eigenvalue weighted by molar-refractivity contribution is 5.77. The second-order valence-electron chi connectivity index (χ2n) is 11.1. The molecule has 1 aliphatic rings. The molecule has 1 aromatic heterocycles. The lowest BCUT2D eigenvalue weighted by Crippen LogP contribution is -2.50. The number of hydrogen-bond acceptors (Lipinski definition) is 7. The van der Waals surface area contributed by atoms with E-state index in [1.165, 1.54) is 12.8 Å². The van der Waals surface area contributed by atoms with E-state index in [1.807, 2.05) is 36.4 Å². The first kappa shape index (κ1) is 26.8. The summed E-state index contributed by atoms with van der Waals surface area (Å²) in [7, 11) is 1.64. The molecule has 1 heterocycles. The molecule has 1 amide bonds. The smallest absolute Gasteiger partial charge is 0.408 e. The maximum Gasteiger partial charge on any atom is 0.408 e. The van der Waals surface area contributed by atoms with Crippen LogP contribution in [-0.2, 0) is 11.2 Å². The number of carbonyl (C=O) groups is 1. The Morgan fingerprint density at radius 3 is 2.54 bits per heavy atom. The standard InChI is InChI=1S/C29H38N2O6/c1-28(2,3)37-27(33)31-29(4,18-32)15-14-19-10-12-23-22(16-19)30-26(36-23)20-11-13-24(25(17-20)34-5)35-21-8-6-7-9-21/h10-13,16-17,21,32H,6-9,14-15,18H2,1-5H3,(H,31,33)/t29-/m1/s1. The van der Waals surface area contributed by atoms with Gasteiger partial charge in [0.1, 0.15) is 11.1 Å². The van der Waals surface area contributed by atoms with Crippen LogP contribution in [0, 0.1) is 0 Å². The average Bonchev–Trinajstić information content (AvgIpc) is 3.51. The first-order valence-corrected chi connectivity index (χ1v) is 12.9. The number of benzene rings is 2. The van der Waals surface area contributed by atoms with Gasteiger partial charge in [-0.05, 0) is 102 Å². The van der Waals surface area contributed by atoms with Gasteiger partial charge in [0.25, 0.3) is 0 Å². The lowest BCUT2D eigenvalue weighted by atomic mass is 9.94. The first-order chi connectivity index (χ1) is 17.6. The summed E-state index contributed by atoms with van der Waals surface area (Å²) >= 11 is 0. The molecule has 1 aliphatic carbocycles. The van der Waals surface area contributed by atoms with Gasteiger partial charge in [-0.1, -0.05) is 6.07 Å². The van der Waals surface area contributed by atoms with Gasteiger partial charge in [-0.25, -0.2) is 9.78 Å². The largest absolute Gasteiger partial charge is 0.493 e.